The first-order chi connectivity index (χ1) is 17.0. The van der Waals surface area contributed by atoms with Gasteiger partial charge in [-0.25, -0.2) is 4.79 Å². The van der Waals surface area contributed by atoms with Crippen molar-refractivity contribution in [1.29, 1.82) is 0 Å². The second-order valence-corrected chi connectivity index (χ2v) is 10.6. The molecule has 2 N–H and O–H groups in total. The summed E-state index contributed by atoms with van der Waals surface area (Å²) in [6.07, 6.45) is -1.93. The number of nitrogens with one attached hydrogen (secondary N) is 1. The van der Waals surface area contributed by atoms with Gasteiger partial charge in [-0.15, -0.1) is 9.60 Å². The van der Waals surface area contributed by atoms with Gasteiger partial charge >= 0.3 is 6.09 Å². The molecule has 190 valence electrons. The Hall–Kier alpha value is -3.32. The van der Waals surface area contributed by atoms with Gasteiger partial charge in [0.2, 0.25) is 0 Å². The highest BCUT2D eigenvalue weighted by atomic mass is 19.2. The standard InChI is InChI=1S/C27H29FN2O6/c1-25(2,3)36-24(32)29-23-13-33-16-27(30(23)28)19-11-17(9-10-26(4)14-34-15-26)5-7-21(19)35-22-8-6-18(31)12-20(22)27/h5-8,11-12,23,31H,13-16H2,1-4H3,(H,29,32). The third-order valence-electron chi connectivity index (χ3n) is 6.31. The number of benzene rings is 2. The molecular weight excluding hydrogens is 467 g/mol. The minimum Gasteiger partial charge on any atom is -0.508 e. The number of nitrogens with zero attached hydrogens (tertiary/aromatic N) is 1. The van der Waals surface area contributed by atoms with E-state index in [0.717, 1.165) is 0 Å². The third kappa shape index (κ3) is 4.37. The number of halogens is 1. The van der Waals surface area contributed by atoms with Crippen molar-refractivity contribution in [3.8, 4) is 29.1 Å². The van der Waals surface area contributed by atoms with Crippen molar-refractivity contribution in [2.45, 2.75) is 45.0 Å². The number of rotatable bonds is 1. The van der Waals surface area contributed by atoms with Crippen molar-refractivity contribution in [2.75, 3.05) is 26.4 Å². The molecule has 2 fully saturated rings. The van der Waals surface area contributed by atoms with E-state index in [4.69, 9.17) is 18.9 Å². The molecule has 9 heteroatoms. The molecule has 0 bridgehead atoms. The summed E-state index contributed by atoms with van der Waals surface area (Å²) in [6, 6.07) is 9.84. The fourth-order valence-corrected chi connectivity index (χ4v) is 4.56. The highest BCUT2D eigenvalue weighted by Gasteiger charge is 2.54. The molecule has 1 spiro atoms. The van der Waals surface area contributed by atoms with Gasteiger partial charge in [0.15, 0.2) is 0 Å². The smallest absolute Gasteiger partial charge is 0.409 e. The van der Waals surface area contributed by atoms with Crippen molar-refractivity contribution in [3.63, 3.8) is 0 Å². The van der Waals surface area contributed by atoms with Crippen molar-refractivity contribution in [2.24, 2.45) is 5.41 Å². The topological polar surface area (TPSA) is 89.5 Å². The zero-order valence-electron chi connectivity index (χ0n) is 20.7. The summed E-state index contributed by atoms with van der Waals surface area (Å²) >= 11 is 0. The Morgan fingerprint density at radius 3 is 2.50 bits per heavy atom. The van der Waals surface area contributed by atoms with Gasteiger partial charge in [0, 0.05) is 16.7 Å². The normalized spacial score (nSPS) is 24.3. The van der Waals surface area contributed by atoms with Crippen molar-refractivity contribution in [3.05, 3.63) is 53.1 Å². The van der Waals surface area contributed by atoms with Crippen LogP contribution in [0.2, 0.25) is 0 Å². The van der Waals surface area contributed by atoms with Crippen LogP contribution in [0.3, 0.4) is 0 Å². The number of alkyl carbamates (subject to hydrolysis) is 1. The molecule has 3 heterocycles. The zero-order chi connectivity index (χ0) is 25.7. The highest BCUT2D eigenvalue weighted by molar-refractivity contribution is 5.68. The Morgan fingerprint density at radius 2 is 1.83 bits per heavy atom. The van der Waals surface area contributed by atoms with E-state index >= 15 is 4.48 Å². The Balaban J connectivity index is 1.58. The fourth-order valence-electron chi connectivity index (χ4n) is 4.56. The van der Waals surface area contributed by atoms with Gasteiger partial charge in [-0.1, -0.05) is 11.8 Å². The number of morpholine rings is 1. The molecule has 2 atom stereocenters. The fraction of sp³-hybridized carbons (Fsp3) is 0.444. The largest absolute Gasteiger partial charge is 0.508 e. The Morgan fingerprint density at radius 1 is 1.14 bits per heavy atom. The van der Waals surface area contributed by atoms with Gasteiger partial charge in [0.05, 0.1) is 31.8 Å². The van der Waals surface area contributed by atoms with E-state index in [2.05, 4.69) is 17.2 Å². The number of hydrogen-bond donors (Lipinski definition) is 2. The average molecular weight is 497 g/mol. The van der Waals surface area contributed by atoms with Gasteiger partial charge in [-0.05, 0) is 64.1 Å². The Labute approximate surface area is 209 Å². The predicted molar refractivity (Wildman–Crippen MR) is 128 cm³/mol. The quantitative estimate of drug-likeness (QED) is 0.452. The Bertz CT molecular complexity index is 1260. The minimum atomic E-state index is -1.51. The van der Waals surface area contributed by atoms with Gasteiger partial charge in [0.25, 0.3) is 0 Å². The van der Waals surface area contributed by atoms with Crippen molar-refractivity contribution in [1.82, 2.24) is 10.4 Å². The van der Waals surface area contributed by atoms with E-state index < -0.39 is 23.4 Å². The first kappa shape index (κ1) is 24.4. The number of ether oxygens (including phenoxy) is 4. The molecule has 36 heavy (non-hydrogen) atoms. The summed E-state index contributed by atoms with van der Waals surface area (Å²) in [7, 11) is 0. The lowest BCUT2D eigenvalue weighted by Crippen LogP contribution is -2.62. The second kappa shape index (κ2) is 8.66. The summed E-state index contributed by atoms with van der Waals surface area (Å²) in [5, 5.41) is 13.4. The van der Waals surface area contributed by atoms with Crippen LogP contribution in [0.5, 0.6) is 17.2 Å². The van der Waals surface area contributed by atoms with Crippen LogP contribution < -0.4 is 10.1 Å². The first-order valence-corrected chi connectivity index (χ1v) is 11.8. The van der Waals surface area contributed by atoms with Crippen molar-refractivity contribution < 1.29 is 33.3 Å². The summed E-state index contributed by atoms with van der Waals surface area (Å²) in [5.74, 6) is 7.17. The lowest BCUT2D eigenvalue weighted by Gasteiger charge is -2.48. The predicted octanol–water partition coefficient (Wildman–Crippen LogP) is 4.20. The summed E-state index contributed by atoms with van der Waals surface area (Å²) < 4.78 is 39.1. The third-order valence-corrected chi connectivity index (χ3v) is 6.31. The van der Waals surface area contributed by atoms with E-state index in [0.29, 0.717) is 46.5 Å². The molecule has 2 unspecified atom stereocenters. The summed E-state index contributed by atoms with van der Waals surface area (Å²) in [5.41, 5.74) is -0.967. The minimum absolute atomic E-state index is 0.0512. The molecule has 2 aromatic carbocycles. The number of phenolic OH excluding ortho intramolecular Hbond substituents is 1. The summed E-state index contributed by atoms with van der Waals surface area (Å²) in [6.45, 7) is 8.16. The first-order valence-electron chi connectivity index (χ1n) is 11.8. The van der Waals surface area contributed by atoms with Crippen LogP contribution in [0.4, 0.5) is 9.28 Å². The van der Waals surface area contributed by atoms with Gasteiger partial charge in [0.1, 0.15) is 34.6 Å². The van der Waals surface area contributed by atoms with Crippen LogP contribution in [0.1, 0.15) is 44.4 Å². The summed E-state index contributed by atoms with van der Waals surface area (Å²) in [4.78, 5) is 12.5. The lowest BCUT2D eigenvalue weighted by atomic mass is 9.78. The van der Waals surface area contributed by atoms with Crippen LogP contribution in [-0.2, 0) is 19.7 Å². The maximum Gasteiger partial charge on any atom is 0.409 e. The average Bonchev–Trinajstić information content (AvgIpc) is 2.78. The van der Waals surface area contributed by atoms with Crippen LogP contribution in [0, 0.1) is 17.3 Å². The number of phenols is 1. The van der Waals surface area contributed by atoms with E-state index in [9.17, 15) is 9.90 Å². The molecular formula is C27H29FN2O6. The molecule has 0 aromatic heterocycles. The monoisotopic (exact) mass is 496 g/mol. The number of aromatic hydroxyl groups is 1. The van der Waals surface area contributed by atoms with E-state index in [1.54, 1.807) is 39.0 Å². The molecule has 5 rings (SSSR count). The SMILES string of the molecule is CC1(C#Cc2ccc3c(c2)C2(COCC(NC(=O)OC(C)(C)C)N2F)c2cc(O)ccc2O3)COC1. The maximum atomic E-state index is 16.5. The molecule has 2 saturated heterocycles. The molecule has 3 aliphatic heterocycles. The number of carbonyl (C=O) groups is 1. The molecule has 0 saturated carbocycles. The van der Waals surface area contributed by atoms with E-state index in [1.807, 2.05) is 13.0 Å². The second-order valence-electron chi connectivity index (χ2n) is 10.6. The number of fused-ring (bicyclic) bond motifs is 4. The van der Waals surface area contributed by atoms with Gasteiger partial charge in [-0.3, -0.25) is 0 Å². The van der Waals surface area contributed by atoms with Crippen LogP contribution in [0.15, 0.2) is 36.4 Å². The molecule has 3 aliphatic rings. The molecule has 0 radical (unpaired) electrons. The molecule has 8 nitrogen and oxygen atoms in total. The highest BCUT2D eigenvalue weighted by Crippen LogP contribution is 2.53. The van der Waals surface area contributed by atoms with Crippen LogP contribution in [-0.4, -0.2) is 54.5 Å². The van der Waals surface area contributed by atoms with Crippen molar-refractivity contribution >= 4 is 6.09 Å². The number of amides is 1. The maximum absolute atomic E-state index is 16.5. The molecule has 2 aromatic rings. The van der Waals surface area contributed by atoms with E-state index in [1.165, 1.54) is 12.1 Å². The molecule has 1 amide bonds. The van der Waals surface area contributed by atoms with Crippen LogP contribution in [0.25, 0.3) is 0 Å². The van der Waals surface area contributed by atoms with Crippen LogP contribution >= 0.6 is 0 Å². The zero-order valence-corrected chi connectivity index (χ0v) is 20.7. The lowest BCUT2D eigenvalue weighted by molar-refractivity contribution is -0.198. The number of carbonyl (C=O) groups excluding carboxylic acids is 1. The van der Waals surface area contributed by atoms with Gasteiger partial charge in [-0.2, -0.15) is 0 Å². The molecule has 0 aliphatic carbocycles. The Kier molecular flexibility index (Phi) is 5.86. The number of hydrogen-bond acceptors (Lipinski definition) is 7. The van der Waals surface area contributed by atoms with Gasteiger partial charge < -0.3 is 29.4 Å². The van der Waals surface area contributed by atoms with E-state index in [-0.39, 0.29) is 24.4 Å².